The summed E-state index contributed by atoms with van der Waals surface area (Å²) in [5.74, 6) is -1.02. The van der Waals surface area contributed by atoms with E-state index in [1.807, 2.05) is 0 Å². The highest BCUT2D eigenvalue weighted by atomic mass is 16.4. The Balaban J connectivity index is 2.62. The lowest BCUT2D eigenvalue weighted by Crippen LogP contribution is -2.53. The first-order valence-corrected chi connectivity index (χ1v) is 5.75. The van der Waals surface area contributed by atoms with Crippen LogP contribution in [0.3, 0.4) is 0 Å². The van der Waals surface area contributed by atoms with E-state index in [4.69, 9.17) is 10.8 Å². The highest BCUT2D eigenvalue weighted by Gasteiger charge is 2.34. The Morgan fingerprint density at radius 3 is 2.41 bits per heavy atom. The van der Waals surface area contributed by atoms with E-state index in [1.54, 1.807) is 25.7 Å². The fraction of sp³-hybridized carbons (Fsp3) is 0.818. The monoisotopic (exact) mass is 243 g/mol. The number of rotatable bonds is 2. The summed E-state index contributed by atoms with van der Waals surface area (Å²) in [6.07, 6.45) is 0.765. The molecule has 6 heteroatoms. The van der Waals surface area contributed by atoms with Gasteiger partial charge in [-0.3, -0.25) is 0 Å². The van der Waals surface area contributed by atoms with Crippen molar-refractivity contribution >= 4 is 12.0 Å². The van der Waals surface area contributed by atoms with Gasteiger partial charge in [-0.25, -0.2) is 9.59 Å². The van der Waals surface area contributed by atoms with Gasteiger partial charge in [0.2, 0.25) is 0 Å². The van der Waals surface area contributed by atoms with Crippen LogP contribution in [0.15, 0.2) is 0 Å². The number of aliphatic carboxylic acids is 1. The Kier molecular flexibility index (Phi) is 3.98. The van der Waals surface area contributed by atoms with Crippen molar-refractivity contribution in [2.45, 2.75) is 39.3 Å². The van der Waals surface area contributed by atoms with Gasteiger partial charge in [0.05, 0.1) is 0 Å². The second-order valence-electron chi connectivity index (χ2n) is 5.58. The van der Waals surface area contributed by atoms with Gasteiger partial charge in [0.25, 0.3) is 0 Å². The first kappa shape index (κ1) is 13.8. The molecule has 0 radical (unpaired) electrons. The number of hydrogen-bond donors (Lipinski definition) is 3. The minimum Gasteiger partial charge on any atom is -0.480 e. The molecule has 0 spiro atoms. The molecule has 1 aliphatic rings. The van der Waals surface area contributed by atoms with Crippen LogP contribution in [0.1, 0.15) is 27.2 Å². The van der Waals surface area contributed by atoms with Gasteiger partial charge in [-0.1, -0.05) is 20.8 Å². The number of nitrogens with two attached hydrogens (primary N) is 1. The third-order valence-electron chi connectivity index (χ3n) is 2.89. The molecule has 0 aromatic carbocycles. The van der Waals surface area contributed by atoms with E-state index in [0.717, 1.165) is 6.42 Å². The van der Waals surface area contributed by atoms with Gasteiger partial charge in [0.1, 0.15) is 6.04 Å². The summed E-state index contributed by atoms with van der Waals surface area (Å²) in [5.41, 5.74) is 5.18. The Morgan fingerprint density at radius 1 is 1.47 bits per heavy atom. The first-order chi connectivity index (χ1) is 7.71. The zero-order valence-electron chi connectivity index (χ0n) is 10.6. The molecular weight excluding hydrogens is 222 g/mol. The number of nitrogens with one attached hydrogen (secondary N) is 1. The van der Waals surface area contributed by atoms with Gasteiger partial charge >= 0.3 is 12.0 Å². The predicted molar refractivity (Wildman–Crippen MR) is 63.6 cm³/mol. The van der Waals surface area contributed by atoms with Crippen molar-refractivity contribution in [3.63, 3.8) is 0 Å². The zero-order valence-corrected chi connectivity index (χ0v) is 10.6. The van der Waals surface area contributed by atoms with Crippen molar-refractivity contribution in [3.05, 3.63) is 0 Å². The van der Waals surface area contributed by atoms with Gasteiger partial charge in [0.15, 0.2) is 0 Å². The second kappa shape index (κ2) is 4.91. The first-order valence-electron chi connectivity index (χ1n) is 5.75. The van der Waals surface area contributed by atoms with Crippen LogP contribution in [0.4, 0.5) is 4.79 Å². The number of carbonyl (C=O) groups excluding carboxylic acids is 1. The average molecular weight is 243 g/mol. The molecule has 0 bridgehead atoms. The molecule has 0 aromatic heterocycles. The van der Waals surface area contributed by atoms with Crippen molar-refractivity contribution in [2.75, 3.05) is 13.1 Å². The number of urea groups is 1. The number of carbonyl (C=O) groups is 2. The van der Waals surface area contributed by atoms with E-state index in [9.17, 15) is 9.59 Å². The van der Waals surface area contributed by atoms with Crippen LogP contribution in [0, 0.1) is 5.41 Å². The lowest BCUT2D eigenvalue weighted by molar-refractivity contribution is -0.142. The quantitative estimate of drug-likeness (QED) is 0.647. The zero-order chi connectivity index (χ0) is 13.2. The minimum atomic E-state index is -1.02. The van der Waals surface area contributed by atoms with Gasteiger partial charge in [-0.15, -0.1) is 0 Å². The summed E-state index contributed by atoms with van der Waals surface area (Å²) in [6, 6.07) is -1.24. The van der Waals surface area contributed by atoms with Gasteiger partial charge in [-0.2, -0.15) is 0 Å². The highest BCUT2D eigenvalue weighted by molar-refractivity contribution is 5.83. The maximum Gasteiger partial charge on any atom is 0.326 e. The number of hydrogen-bond acceptors (Lipinski definition) is 3. The molecule has 1 aliphatic heterocycles. The maximum atomic E-state index is 11.8. The molecular formula is C11H21N3O3. The lowest BCUT2D eigenvalue weighted by Gasteiger charge is -2.29. The van der Waals surface area contributed by atoms with Gasteiger partial charge in [-0.05, 0) is 11.8 Å². The van der Waals surface area contributed by atoms with Crippen LogP contribution in [0.2, 0.25) is 0 Å². The average Bonchev–Trinajstić information content (AvgIpc) is 2.58. The molecule has 98 valence electrons. The fourth-order valence-corrected chi connectivity index (χ4v) is 1.84. The molecule has 0 saturated carbocycles. The summed E-state index contributed by atoms with van der Waals surface area (Å²) in [7, 11) is 0. The summed E-state index contributed by atoms with van der Waals surface area (Å²) in [6.45, 7) is 6.41. The minimum absolute atomic E-state index is 0.00124. The van der Waals surface area contributed by atoms with E-state index in [-0.39, 0.29) is 12.1 Å². The standard InChI is InChI=1S/C11H21N3O3/c1-11(2,3)8(9(15)16)13-10(17)14-5-4-7(12)6-14/h7-8H,4-6,12H2,1-3H3,(H,13,17)(H,15,16)/t7?,8-/m1/s1. The van der Waals surface area contributed by atoms with Crippen LogP contribution in [0.5, 0.6) is 0 Å². The summed E-state index contributed by atoms with van der Waals surface area (Å²) < 4.78 is 0. The Morgan fingerprint density at radius 2 is 2.06 bits per heavy atom. The van der Waals surface area contributed by atoms with E-state index in [0.29, 0.717) is 13.1 Å². The number of carboxylic acids is 1. The fourth-order valence-electron chi connectivity index (χ4n) is 1.84. The predicted octanol–water partition coefficient (Wildman–Crippen LogP) is 0.228. The summed E-state index contributed by atoms with van der Waals surface area (Å²) >= 11 is 0. The third-order valence-corrected chi connectivity index (χ3v) is 2.89. The van der Waals surface area contributed by atoms with E-state index < -0.39 is 17.4 Å². The molecule has 1 fully saturated rings. The normalized spacial score (nSPS) is 22.4. The summed E-state index contributed by atoms with van der Waals surface area (Å²) in [5, 5.41) is 11.6. The van der Waals surface area contributed by atoms with Crippen LogP contribution in [0.25, 0.3) is 0 Å². The molecule has 2 amide bonds. The van der Waals surface area contributed by atoms with E-state index >= 15 is 0 Å². The Hall–Kier alpha value is -1.30. The van der Waals surface area contributed by atoms with Crippen LogP contribution in [-0.2, 0) is 4.79 Å². The number of amides is 2. The number of carboxylic acid groups (broad SMARTS) is 1. The summed E-state index contributed by atoms with van der Waals surface area (Å²) in [4.78, 5) is 24.5. The molecule has 1 saturated heterocycles. The van der Waals surface area contributed by atoms with Gasteiger partial charge in [0, 0.05) is 19.1 Å². The maximum absolute atomic E-state index is 11.8. The molecule has 17 heavy (non-hydrogen) atoms. The molecule has 1 unspecified atom stereocenters. The number of nitrogens with zero attached hydrogens (tertiary/aromatic N) is 1. The van der Waals surface area contributed by atoms with E-state index in [2.05, 4.69) is 5.32 Å². The topological polar surface area (TPSA) is 95.7 Å². The van der Waals surface area contributed by atoms with Crippen molar-refractivity contribution in [1.29, 1.82) is 0 Å². The molecule has 4 N–H and O–H groups in total. The second-order valence-corrected chi connectivity index (χ2v) is 5.58. The van der Waals surface area contributed by atoms with Crippen molar-refractivity contribution in [3.8, 4) is 0 Å². The van der Waals surface area contributed by atoms with E-state index in [1.165, 1.54) is 0 Å². The van der Waals surface area contributed by atoms with Crippen molar-refractivity contribution < 1.29 is 14.7 Å². The Labute approximate surface area is 101 Å². The number of likely N-dealkylation sites (tertiary alicyclic amines) is 1. The highest BCUT2D eigenvalue weighted by Crippen LogP contribution is 2.20. The largest absolute Gasteiger partial charge is 0.480 e. The molecule has 0 aromatic rings. The van der Waals surface area contributed by atoms with Crippen molar-refractivity contribution in [1.82, 2.24) is 10.2 Å². The van der Waals surface area contributed by atoms with Crippen molar-refractivity contribution in [2.24, 2.45) is 11.1 Å². The SMILES string of the molecule is CC(C)(C)[C@H](NC(=O)N1CCC(N)C1)C(=O)O. The Bertz CT molecular complexity index is 312. The van der Waals surface area contributed by atoms with Gasteiger partial charge < -0.3 is 21.1 Å². The molecule has 1 rings (SSSR count). The molecule has 1 heterocycles. The third kappa shape index (κ3) is 3.59. The lowest BCUT2D eigenvalue weighted by atomic mass is 9.87. The van der Waals surface area contributed by atoms with Crippen LogP contribution >= 0.6 is 0 Å². The molecule has 0 aliphatic carbocycles. The van der Waals surface area contributed by atoms with Crippen LogP contribution in [-0.4, -0.2) is 47.2 Å². The molecule has 6 nitrogen and oxygen atoms in total. The smallest absolute Gasteiger partial charge is 0.326 e. The van der Waals surface area contributed by atoms with Crippen LogP contribution < -0.4 is 11.1 Å². The molecule has 2 atom stereocenters.